The molecule has 106 valence electrons. The lowest BCUT2D eigenvalue weighted by molar-refractivity contribution is 0.0860. The van der Waals surface area contributed by atoms with Gasteiger partial charge in [0.1, 0.15) is 0 Å². The van der Waals surface area contributed by atoms with E-state index in [9.17, 15) is 4.79 Å². The summed E-state index contributed by atoms with van der Waals surface area (Å²) in [6, 6.07) is 1.83. The van der Waals surface area contributed by atoms with Gasteiger partial charge < -0.3 is 15.4 Å². The van der Waals surface area contributed by atoms with Gasteiger partial charge >= 0.3 is 6.03 Å². The van der Waals surface area contributed by atoms with Crippen LogP contribution in [0.4, 0.5) is 4.79 Å². The van der Waals surface area contributed by atoms with Crippen molar-refractivity contribution in [1.29, 1.82) is 0 Å². The van der Waals surface area contributed by atoms with Crippen molar-refractivity contribution in [2.45, 2.75) is 44.9 Å². The van der Waals surface area contributed by atoms with Crippen molar-refractivity contribution < 1.29 is 9.53 Å². The highest BCUT2D eigenvalue weighted by Crippen LogP contribution is 2.15. The Hall–Kier alpha value is -1.56. The van der Waals surface area contributed by atoms with Crippen LogP contribution in [0.1, 0.15) is 26.2 Å². The molecule has 2 amide bonds. The number of carbonyl (C=O) groups is 1. The molecule has 2 heterocycles. The normalized spacial score (nSPS) is 20.2. The molecular formula is C13H22N4O2. The number of nitrogens with one attached hydrogen (secondary N) is 2. The fourth-order valence-corrected chi connectivity index (χ4v) is 2.22. The van der Waals surface area contributed by atoms with Crippen LogP contribution < -0.4 is 10.6 Å². The fraction of sp³-hybridized carbons (Fsp3) is 0.692. The number of hydrogen-bond acceptors (Lipinski definition) is 3. The first-order valence-corrected chi connectivity index (χ1v) is 6.89. The van der Waals surface area contributed by atoms with Crippen LogP contribution in [0.2, 0.25) is 0 Å². The van der Waals surface area contributed by atoms with E-state index in [0.29, 0.717) is 6.54 Å². The van der Waals surface area contributed by atoms with Gasteiger partial charge in [0.05, 0.1) is 12.1 Å². The zero-order valence-electron chi connectivity index (χ0n) is 11.3. The largest absolute Gasteiger partial charge is 0.376 e. The van der Waals surface area contributed by atoms with E-state index in [1.54, 1.807) is 6.20 Å². The molecule has 0 unspecified atom stereocenters. The zero-order valence-corrected chi connectivity index (χ0v) is 11.3. The predicted molar refractivity (Wildman–Crippen MR) is 71.8 cm³/mol. The molecule has 1 saturated heterocycles. The average Bonchev–Trinajstić information content (AvgIpc) is 3.07. The molecule has 0 aliphatic carbocycles. The van der Waals surface area contributed by atoms with E-state index in [1.807, 2.05) is 23.9 Å². The fourth-order valence-electron chi connectivity index (χ4n) is 2.22. The quantitative estimate of drug-likeness (QED) is 0.759. The van der Waals surface area contributed by atoms with Crippen LogP contribution in [-0.2, 0) is 11.3 Å². The standard InChI is InChI=1S/C13H22N4O2/c1-11(12-5-2-10-19-12)16-13(18)14-6-3-8-17-9-4-7-15-17/h4,7,9,11-12H,2-3,5-6,8,10H2,1H3,(H2,14,16,18)/t11-,12-/m0/s1. The molecule has 1 aromatic heterocycles. The van der Waals surface area contributed by atoms with Crippen molar-refractivity contribution in [2.75, 3.05) is 13.2 Å². The molecule has 0 bridgehead atoms. The molecule has 19 heavy (non-hydrogen) atoms. The molecule has 0 radical (unpaired) electrons. The van der Waals surface area contributed by atoms with E-state index < -0.39 is 0 Å². The smallest absolute Gasteiger partial charge is 0.315 e. The first-order chi connectivity index (χ1) is 9.25. The Balaban J connectivity index is 1.56. The third-order valence-electron chi connectivity index (χ3n) is 3.29. The van der Waals surface area contributed by atoms with Crippen LogP contribution in [0.5, 0.6) is 0 Å². The summed E-state index contributed by atoms with van der Waals surface area (Å²) < 4.78 is 7.39. The van der Waals surface area contributed by atoms with Gasteiger partial charge in [-0.1, -0.05) is 0 Å². The van der Waals surface area contributed by atoms with Gasteiger partial charge in [-0.3, -0.25) is 4.68 Å². The maximum atomic E-state index is 11.7. The van der Waals surface area contributed by atoms with E-state index in [1.165, 1.54) is 0 Å². The minimum absolute atomic E-state index is 0.0635. The highest BCUT2D eigenvalue weighted by molar-refractivity contribution is 5.74. The van der Waals surface area contributed by atoms with Crippen molar-refractivity contribution in [2.24, 2.45) is 0 Å². The summed E-state index contributed by atoms with van der Waals surface area (Å²) in [5.74, 6) is 0. The minimum atomic E-state index is -0.122. The number of amides is 2. The van der Waals surface area contributed by atoms with Gasteiger partial charge in [-0.2, -0.15) is 5.10 Å². The Morgan fingerprint density at radius 2 is 2.53 bits per heavy atom. The minimum Gasteiger partial charge on any atom is -0.376 e. The summed E-state index contributed by atoms with van der Waals surface area (Å²) in [5, 5.41) is 9.88. The number of aryl methyl sites for hydroxylation is 1. The van der Waals surface area contributed by atoms with Crippen molar-refractivity contribution in [3.8, 4) is 0 Å². The number of carbonyl (C=O) groups excluding carboxylic acids is 1. The highest BCUT2D eigenvalue weighted by atomic mass is 16.5. The summed E-state index contributed by atoms with van der Waals surface area (Å²) in [6.45, 7) is 4.25. The van der Waals surface area contributed by atoms with Gasteiger partial charge in [0.15, 0.2) is 0 Å². The van der Waals surface area contributed by atoms with E-state index in [0.717, 1.165) is 32.4 Å². The van der Waals surface area contributed by atoms with Gasteiger partial charge in [-0.05, 0) is 32.3 Å². The molecule has 1 aliphatic heterocycles. The molecule has 1 aliphatic rings. The second-order valence-corrected chi connectivity index (χ2v) is 4.86. The number of rotatable bonds is 6. The number of urea groups is 1. The molecule has 1 aromatic rings. The Kier molecular flexibility index (Phi) is 5.20. The van der Waals surface area contributed by atoms with E-state index in [2.05, 4.69) is 15.7 Å². The summed E-state index contributed by atoms with van der Waals surface area (Å²) in [5.41, 5.74) is 0. The van der Waals surface area contributed by atoms with Crippen molar-refractivity contribution in [1.82, 2.24) is 20.4 Å². The lowest BCUT2D eigenvalue weighted by Crippen LogP contribution is -2.46. The maximum absolute atomic E-state index is 11.7. The average molecular weight is 266 g/mol. The molecule has 1 fully saturated rings. The van der Waals surface area contributed by atoms with Crippen LogP contribution in [0.3, 0.4) is 0 Å². The number of ether oxygens (including phenoxy) is 1. The molecule has 2 rings (SSSR count). The maximum Gasteiger partial charge on any atom is 0.315 e. The summed E-state index contributed by atoms with van der Waals surface area (Å²) in [4.78, 5) is 11.7. The molecule has 0 aromatic carbocycles. The Morgan fingerprint density at radius 1 is 1.63 bits per heavy atom. The van der Waals surface area contributed by atoms with Crippen molar-refractivity contribution in [3.63, 3.8) is 0 Å². The van der Waals surface area contributed by atoms with Crippen molar-refractivity contribution in [3.05, 3.63) is 18.5 Å². The van der Waals surface area contributed by atoms with Crippen LogP contribution >= 0.6 is 0 Å². The first kappa shape index (κ1) is 13.9. The topological polar surface area (TPSA) is 68.2 Å². The monoisotopic (exact) mass is 266 g/mol. The predicted octanol–water partition coefficient (Wildman–Crippen LogP) is 1.14. The second-order valence-electron chi connectivity index (χ2n) is 4.86. The van der Waals surface area contributed by atoms with Crippen LogP contribution in [0, 0.1) is 0 Å². The molecule has 2 atom stereocenters. The third-order valence-corrected chi connectivity index (χ3v) is 3.29. The van der Waals surface area contributed by atoms with Gasteiger partial charge in [0.2, 0.25) is 0 Å². The van der Waals surface area contributed by atoms with E-state index in [4.69, 9.17) is 4.74 Å². The third kappa shape index (κ3) is 4.55. The van der Waals surface area contributed by atoms with Crippen LogP contribution in [0.15, 0.2) is 18.5 Å². The molecule has 2 N–H and O–H groups in total. The van der Waals surface area contributed by atoms with Gasteiger partial charge in [0, 0.05) is 32.1 Å². The first-order valence-electron chi connectivity index (χ1n) is 6.89. The number of aromatic nitrogens is 2. The van der Waals surface area contributed by atoms with Crippen LogP contribution in [-0.4, -0.2) is 41.1 Å². The number of hydrogen-bond donors (Lipinski definition) is 2. The SMILES string of the molecule is C[C@H](NC(=O)NCCCn1cccn1)[C@@H]1CCCO1. The molecule has 6 heteroatoms. The Bertz CT molecular complexity index is 374. The van der Waals surface area contributed by atoms with Gasteiger partial charge in [-0.15, -0.1) is 0 Å². The summed E-state index contributed by atoms with van der Waals surface area (Å²) >= 11 is 0. The Morgan fingerprint density at radius 3 is 3.21 bits per heavy atom. The highest BCUT2D eigenvalue weighted by Gasteiger charge is 2.23. The zero-order chi connectivity index (χ0) is 13.5. The second kappa shape index (κ2) is 7.13. The van der Waals surface area contributed by atoms with Crippen LogP contribution in [0.25, 0.3) is 0 Å². The lowest BCUT2D eigenvalue weighted by atomic mass is 10.1. The van der Waals surface area contributed by atoms with E-state index in [-0.39, 0.29) is 18.2 Å². The van der Waals surface area contributed by atoms with Gasteiger partial charge in [0.25, 0.3) is 0 Å². The molecular weight excluding hydrogens is 244 g/mol. The number of nitrogens with zero attached hydrogens (tertiary/aromatic N) is 2. The van der Waals surface area contributed by atoms with E-state index >= 15 is 0 Å². The molecule has 0 saturated carbocycles. The molecule has 6 nitrogen and oxygen atoms in total. The summed E-state index contributed by atoms with van der Waals surface area (Å²) in [7, 11) is 0. The van der Waals surface area contributed by atoms with Crippen molar-refractivity contribution >= 4 is 6.03 Å². The molecule has 0 spiro atoms. The summed E-state index contributed by atoms with van der Waals surface area (Å²) in [6.07, 6.45) is 6.81. The van der Waals surface area contributed by atoms with Gasteiger partial charge in [-0.25, -0.2) is 4.79 Å². The Labute approximate surface area is 113 Å². The lowest BCUT2D eigenvalue weighted by Gasteiger charge is -2.20.